The van der Waals surface area contributed by atoms with Crippen LogP contribution in [0.3, 0.4) is 0 Å². The molecule has 98 valence electrons. The van der Waals surface area contributed by atoms with Gasteiger partial charge in [0, 0.05) is 19.2 Å². The number of methoxy groups -OCH3 is 1. The van der Waals surface area contributed by atoms with Crippen LogP contribution in [-0.2, 0) is 14.2 Å². The van der Waals surface area contributed by atoms with E-state index in [9.17, 15) is 0 Å². The Kier molecular flexibility index (Phi) is 9.86. The van der Waals surface area contributed by atoms with Crippen molar-refractivity contribution in [3.05, 3.63) is 0 Å². The molecular formula is C11H25NO4. The zero-order valence-corrected chi connectivity index (χ0v) is 10.6. The summed E-state index contributed by atoms with van der Waals surface area (Å²) >= 11 is 0. The van der Waals surface area contributed by atoms with E-state index in [2.05, 4.69) is 5.32 Å². The normalized spacial score (nSPS) is 12.0. The highest BCUT2D eigenvalue weighted by Gasteiger charge is 2.13. The van der Waals surface area contributed by atoms with Gasteiger partial charge in [-0.1, -0.05) is 0 Å². The molecule has 0 spiro atoms. The molecule has 0 bridgehead atoms. The van der Waals surface area contributed by atoms with Crippen molar-refractivity contribution in [3.63, 3.8) is 0 Å². The summed E-state index contributed by atoms with van der Waals surface area (Å²) in [4.78, 5) is 0. The minimum absolute atomic E-state index is 0.118. The summed E-state index contributed by atoms with van der Waals surface area (Å²) in [6.45, 7) is 7.76. The summed E-state index contributed by atoms with van der Waals surface area (Å²) in [5.41, 5.74) is -0.238. The molecular weight excluding hydrogens is 210 g/mol. The van der Waals surface area contributed by atoms with Crippen LogP contribution in [0.2, 0.25) is 0 Å². The smallest absolute Gasteiger partial charge is 0.0701 e. The molecule has 16 heavy (non-hydrogen) atoms. The predicted molar refractivity (Wildman–Crippen MR) is 62.7 cm³/mol. The second-order valence-electron chi connectivity index (χ2n) is 4.19. The van der Waals surface area contributed by atoms with Crippen LogP contribution in [-0.4, -0.2) is 63.9 Å². The minimum Gasteiger partial charge on any atom is -0.394 e. The molecule has 0 radical (unpaired) electrons. The molecule has 0 aliphatic heterocycles. The monoisotopic (exact) mass is 235 g/mol. The van der Waals surface area contributed by atoms with E-state index in [1.807, 2.05) is 13.8 Å². The topological polar surface area (TPSA) is 60.0 Å². The number of hydrogen-bond donors (Lipinski definition) is 2. The molecule has 0 atom stereocenters. The summed E-state index contributed by atoms with van der Waals surface area (Å²) in [5, 5.41) is 12.2. The van der Waals surface area contributed by atoms with Gasteiger partial charge in [-0.3, -0.25) is 0 Å². The Morgan fingerprint density at radius 2 is 1.56 bits per heavy atom. The van der Waals surface area contributed by atoms with Gasteiger partial charge in [-0.25, -0.2) is 0 Å². The molecule has 5 heteroatoms. The van der Waals surface area contributed by atoms with Gasteiger partial charge in [0.25, 0.3) is 0 Å². The minimum atomic E-state index is -0.238. The van der Waals surface area contributed by atoms with Gasteiger partial charge in [0.2, 0.25) is 0 Å². The number of rotatable bonds is 11. The Bertz CT molecular complexity index is 153. The van der Waals surface area contributed by atoms with E-state index in [4.69, 9.17) is 19.3 Å². The van der Waals surface area contributed by atoms with E-state index >= 15 is 0 Å². The third kappa shape index (κ3) is 10.3. The maximum absolute atomic E-state index is 8.98. The first-order valence-electron chi connectivity index (χ1n) is 5.62. The molecule has 5 nitrogen and oxygen atoms in total. The van der Waals surface area contributed by atoms with Crippen LogP contribution in [0.1, 0.15) is 13.8 Å². The SMILES string of the molecule is COCCOCCOCCNC(C)(C)CO. The Morgan fingerprint density at radius 1 is 1.00 bits per heavy atom. The molecule has 0 amide bonds. The van der Waals surface area contributed by atoms with Crippen molar-refractivity contribution < 1.29 is 19.3 Å². The van der Waals surface area contributed by atoms with Crippen molar-refractivity contribution in [2.75, 3.05) is 53.3 Å². The highest BCUT2D eigenvalue weighted by atomic mass is 16.5. The van der Waals surface area contributed by atoms with Crippen LogP contribution >= 0.6 is 0 Å². The van der Waals surface area contributed by atoms with Crippen LogP contribution < -0.4 is 5.32 Å². The van der Waals surface area contributed by atoms with E-state index in [1.165, 1.54) is 0 Å². The Hall–Kier alpha value is -0.200. The van der Waals surface area contributed by atoms with Gasteiger partial charge in [0.1, 0.15) is 0 Å². The highest BCUT2D eigenvalue weighted by Crippen LogP contribution is 1.97. The number of aliphatic hydroxyl groups is 1. The van der Waals surface area contributed by atoms with Crippen LogP contribution in [0.5, 0.6) is 0 Å². The lowest BCUT2D eigenvalue weighted by Crippen LogP contribution is -2.44. The van der Waals surface area contributed by atoms with Gasteiger partial charge in [-0.2, -0.15) is 0 Å². The third-order valence-electron chi connectivity index (χ3n) is 2.05. The molecule has 0 aromatic carbocycles. The fraction of sp³-hybridized carbons (Fsp3) is 1.00. The summed E-state index contributed by atoms with van der Waals surface area (Å²) < 4.78 is 15.4. The molecule has 0 saturated carbocycles. The quantitative estimate of drug-likeness (QED) is 0.495. The van der Waals surface area contributed by atoms with Gasteiger partial charge in [-0.15, -0.1) is 0 Å². The van der Waals surface area contributed by atoms with E-state index in [1.54, 1.807) is 7.11 Å². The molecule has 0 aromatic heterocycles. The molecule has 0 unspecified atom stereocenters. The third-order valence-corrected chi connectivity index (χ3v) is 2.05. The summed E-state index contributed by atoms with van der Waals surface area (Å²) in [6.07, 6.45) is 0. The van der Waals surface area contributed by atoms with E-state index in [-0.39, 0.29) is 12.1 Å². The summed E-state index contributed by atoms with van der Waals surface area (Å²) in [5.74, 6) is 0. The standard InChI is InChI=1S/C11H25NO4/c1-11(2,10-13)12-4-5-15-8-9-16-7-6-14-3/h12-13H,4-10H2,1-3H3. The molecule has 0 aliphatic rings. The van der Waals surface area contributed by atoms with Crippen molar-refractivity contribution in [2.45, 2.75) is 19.4 Å². The molecule has 0 aromatic rings. The number of nitrogens with one attached hydrogen (secondary N) is 1. The Balaban J connectivity index is 3.10. The second-order valence-corrected chi connectivity index (χ2v) is 4.19. The number of hydrogen-bond acceptors (Lipinski definition) is 5. The van der Waals surface area contributed by atoms with Crippen LogP contribution in [0.4, 0.5) is 0 Å². The van der Waals surface area contributed by atoms with Gasteiger partial charge in [0.05, 0.1) is 39.6 Å². The van der Waals surface area contributed by atoms with Crippen LogP contribution in [0.25, 0.3) is 0 Å². The van der Waals surface area contributed by atoms with Crippen LogP contribution in [0, 0.1) is 0 Å². The van der Waals surface area contributed by atoms with E-state index in [0.717, 1.165) is 6.54 Å². The molecule has 0 aliphatic carbocycles. The van der Waals surface area contributed by atoms with Gasteiger partial charge in [-0.05, 0) is 13.8 Å². The first-order chi connectivity index (χ1) is 7.62. The van der Waals surface area contributed by atoms with E-state index < -0.39 is 0 Å². The zero-order chi connectivity index (χ0) is 12.3. The lowest BCUT2D eigenvalue weighted by atomic mass is 10.1. The number of ether oxygens (including phenoxy) is 3. The van der Waals surface area contributed by atoms with Crippen molar-refractivity contribution in [1.29, 1.82) is 0 Å². The highest BCUT2D eigenvalue weighted by molar-refractivity contribution is 4.75. The van der Waals surface area contributed by atoms with Crippen LogP contribution in [0.15, 0.2) is 0 Å². The zero-order valence-electron chi connectivity index (χ0n) is 10.6. The van der Waals surface area contributed by atoms with Crippen molar-refractivity contribution in [2.24, 2.45) is 0 Å². The number of aliphatic hydroxyl groups excluding tert-OH is 1. The van der Waals surface area contributed by atoms with E-state index in [0.29, 0.717) is 33.0 Å². The largest absolute Gasteiger partial charge is 0.394 e. The van der Waals surface area contributed by atoms with Crippen molar-refractivity contribution in [1.82, 2.24) is 5.32 Å². The fourth-order valence-corrected chi connectivity index (χ4v) is 0.982. The lowest BCUT2D eigenvalue weighted by molar-refractivity contribution is 0.0240. The predicted octanol–water partition coefficient (Wildman–Crippen LogP) is 0.0265. The molecule has 2 N–H and O–H groups in total. The first kappa shape index (κ1) is 15.8. The second kappa shape index (κ2) is 9.99. The van der Waals surface area contributed by atoms with Gasteiger partial charge >= 0.3 is 0 Å². The molecule has 0 fully saturated rings. The fourth-order valence-electron chi connectivity index (χ4n) is 0.982. The molecule has 0 saturated heterocycles. The van der Waals surface area contributed by atoms with Gasteiger partial charge < -0.3 is 24.6 Å². The Morgan fingerprint density at radius 3 is 2.12 bits per heavy atom. The summed E-state index contributed by atoms with van der Waals surface area (Å²) in [7, 11) is 1.65. The maximum atomic E-state index is 8.98. The first-order valence-corrected chi connectivity index (χ1v) is 5.62. The van der Waals surface area contributed by atoms with Gasteiger partial charge in [0.15, 0.2) is 0 Å². The molecule has 0 rings (SSSR count). The average Bonchev–Trinajstić information content (AvgIpc) is 2.27. The average molecular weight is 235 g/mol. The lowest BCUT2D eigenvalue weighted by Gasteiger charge is -2.23. The maximum Gasteiger partial charge on any atom is 0.0701 e. The molecule has 0 heterocycles. The van der Waals surface area contributed by atoms with Crippen molar-refractivity contribution >= 4 is 0 Å². The summed E-state index contributed by atoms with van der Waals surface area (Å²) in [6, 6.07) is 0. The van der Waals surface area contributed by atoms with Crippen molar-refractivity contribution in [3.8, 4) is 0 Å². The Labute approximate surface area is 98.1 Å².